The highest BCUT2D eigenvalue weighted by molar-refractivity contribution is 5.73. The average molecular weight is 547 g/mol. The van der Waals surface area contributed by atoms with E-state index in [1.54, 1.807) is 19.2 Å². The van der Waals surface area contributed by atoms with Crippen molar-refractivity contribution in [2.24, 2.45) is 5.92 Å². The number of phenols is 2. The third-order valence-electron chi connectivity index (χ3n) is 7.55. The van der Waals surface area contributed by atoms with Gasteiger partial charge in [-0.15, -0.1) is 12.8 Å². The van der Waals surface area contributed by atoms with Gasteiger partial charge in [-0.25, -0.2) is 0 Å². The minimum Gasteiger partial charge on any atom is -0.507 e. The Bertz CT molecular complexity index is 1260. The molecule has 1 heterocycles. The fourth-order valence-corrected chi connectivity index (χ4v) is 5.34. The molecule has 214 valence electrons. The molecule has 4 rings (SSSR count). The normalized spacial score (nSPS) is 21.9. The van der Waals surface area contributed by atoms with Gasteiger partial charge in [0.1, 0.15) is 17.6 Å². The van der Waals surface area contributed by atoms with Crippen molar-refractivity contribution in [1.29, 1.82) is 0 Å². The zero-order valence-electron chi connectivity index (χ0n) is 23.9. The number of fused-ring (bicyclic) bond motifs is 2. The summed E-state index contributed by atoms with van der Waals surface area (Å²) in [6, 6.07) is 7.26. The van der Waals surface area contributed by atoms with E-state index in [0.29, 0.717) is 41.9 Å². The van der Waals surface area contributed by atoms with Gasteiger partial charge in [-0.1, -0.05) is 35.5 Å². The number of aromatic hydroxyl groups is 2. The van der Waals surface area contributed by atoms with Gasteiger partial charge >= 0.3 is 0 Å². The molecule has 6 nitrogen and oxygen atoms in total. The Morgan fingerprint density at radius 1 is 0.950 bits per heavy atom. The molecule has 4 N–H and O–H groups in total. The second-order valence-corrected chi connectivity index (χ2v) is 10.9. The molecule has 0 radical (unpaired) electrons. The fourth-order valence-electron chi connectivity index (χ4n) is 5.34. The lowest BCUT2D eigenvalue weighted by Crippen LogP contribution is -2.46. The van der Waals surface area contributed by atoms with Crippen LogP contribution in [-0.2, 0) is 12.8 Å². The van der Waals surface area contributed by atoms with Crippen molar-refractivity contribution in [1.82, 2.24) is 0 Å². The van der Waals surface area contributed by atoms with Crippen LogP contribution in [-0.4, -0.2) is 45.8 Å². The maximum atomic E-state index is 10.6. The van der Waals surface area contributed by atoms with Gasteiger partial charge < -0.3 is 29.9 Å². The first-order valence-corrected chi connectivity index (χ1v) is 13.7. The second kappa shape index (κ2) is 14.1. The zero-order chi connectivity index (χ0) is 29.4. The van der Waals surface area contributed by atoms with E-state index in [0.717, 1.165) is 30.4 Å². The lowest BCUT2D eigenvalue weighted by Gasteiger charge is -2.41. The third-order valence-corrected chi connectivity index (χ3v) is 7.55. The first-order chi connectivity index (χ1) is 19.1. The molecule has 1 aliphatic heterocycles. The molecule has 0 spiro atoms. The molecule has 2 aromatic rings. The highest BCUT2D eigenvalue weighted by Gasteiger charge is 2.40. The highest BCUT2D eigenvalue weighted by Crippen LogP contribution is 2.44. The molecule has 0 saturated heterocycles. The topological polar surface area (TPSA) is 99.4 Å². The molecule has 1 saturated carbocycles. The van der Waals surface area contributed by atoms with Crippen LogP contribution in [0.15, 0.2) is 47.6 Å². The van der Waals surface area contributed by atoms with Gasteiger partial charge in [-0.2, -0.15) is 0 Å². The van der Waals surface area contributed by atoms with E-state index >= 15 is 0 Å². The average Bonchev–Trinajstić information content (AvgIpc) is 2.91. The van der Waals surface area contributed by atoms with Gasteiger partial charge in [0.25, 0.3) is 0 Å². The number of aliphatic hydroxyl groups is 2. The summed E-state index contributed by atoms with van der Waals surface area (Å²) >= 11 is 0. The molecule has 0 amide bonds. The van der Waals surface area contributed by atoms with Gasteiger partial charge in [0.15, 0.2) is 11.5 Å². The van der Waals surface area contributed by atoms with E-state index in [1.165, 1.54) is 11.1 Å². The van der Waals surface area contributed by atoms with E-state index in [1.807, 2.05) is 24.3 Å². The Balaban J connectivity index is 0.00000216. The number of allylic oxidation sites excluding steroid dienone is 4. The number of terminal acetylenes is 1. The first kappa shape index (κ1) is 30.9. The number of phenolic OH excluding ortho intramolecular Hbond substituents is 2. The molecule has 4 atom stereocenters. The molecule has 6 heteroatoms. The van der Waals surface area contributed by atoms with E-state index < -0.39 is 12.2 Å². The largest absolute Gasteiger partial charge is 0.507 e. The summed E-state index contributed by atoms with van der Waals surface area (Å²) in [5.41, 5.74) is 5.63. The summed E-state index contributed by atoms with van der Waals surface area (Å²) in [4.78, 5) is 0. The number of benzene rings is 2. The quantitative estimate of drug-likeness (QED) is 0.179. The Labute approximate surface area is 238 Å². The summed E-state index contributed by atoms with van der Waals surface area (Å²) in [7, 11) is 1.60. The Morgan fingerprint density at radius 3 is 2.20 bits per heavy atom. The van der Waals surface area contributed by atoms with E-state index in [2.05, 4.69) is 45.8 Å². The molecule has 0 bridgehead atoms. The smallest absolute Gasteiger partial charge is 0.164 e. The molecule has 40 heavy (non-hydrogen) atoms. The minimum atomic E-state index is -0.766. The molecular weight excluding hydrogens is 504 g/mol. The molecule has 2 aliphatic rings. The maximum Gasteiger partial charge on any atom is 0.164 e. The predicted molar refractivity (Wildman–Crippen MR) is 161 cm³/mol. The number of rotatable bonds is 8. The SMILES string of the molecule is C#C.COc1cc(/C=C/c2cc(O)c(C/C=C(\C)CCC=C(C)C)c(O)c2)cc2c1OC1CC(O)C(O)C[C@H]1C2. The van der Waals surface area contributed by atoms with E-state index in [9.17, 15) is 20.4 Å². The van der Waals surface area contributed by atoms with Gasteiger partial charge in [0, 0.05) is 17.9 Å². The van der Waals surface area contributed by atoms with Crippen LogP contribution < -0.4 is 9.47 Å². The summed E-state index contributed by atoms with van der Waals surface area (Å²) in [6.45, 7) is 6.25. The van der Waals surface area contributed by atoms with Crippen LogP contribution >= 0.6 is 0 Å². The fraction of sp³-hybridized carbons (Fsp3) is 0.412. The van der Waals surface area contributed by atoms with Gasteiger partial charge in [0.05, 0.1) is 19.3 Å². The Hall–Kier alpha value is -3.66. The van der Waals surface area contributed by atoms with Gasteiger partial charge in [-0.3, -0.25) is 0 Å². The van der Waals surface area contributed by atoms with Crippen LogP contribution in [0.3, 0.4) is 0 Å². The van der Waals surface area contributed by atoms with Crippen molar-refractivity contribution < 1.29 is 29.9 Å². The van der Waals surface area contributed by atoms with Gasteiger partial charge in [-0.05, 0) is 93.8 Å². The molecular formula is C34H42O6. The molecule has 3 unspecified atom stereocenters. The number of ether oxygens (including phenoxy) is 2. The first-order valence-electron chi connectivity index (χ1n) is 13.7. The van der Waals surface area contributed by atoms with E-state index in [4.69, 9.17) is 9.47 Å². The second-order valence-electron chi connectivity index (χ2n) is 10.9. The van der Waals surface area contributed by atoms with Crippen molar-refractivity contribution in [2.45, 2.75) is 77.6 Å². The van der Waals surface area contributed by atoms with Crippen molar-refractivity contribution in [3.05, 3.63) is 69.8 Å². The van der Waals surface area contributed by atoms with Crippen molar-refractivity contribution in [3.8, 4) is 35.8 Å². The monoisotopic (exact) mass is 546 g/mol. The van der Waals surface area contributed by atoms with Crippen LogP contribution in [0.2, 0.25) is 0 Å². The van der Waals surface area contributed by atoms with Crippen molar-refractivity contribution in [2.75, 3.05) is 7.11 Å². The molecule has 0 aromatic heterocycles. The minimum absolute atomic E-state index is 0.0681. The number of methoxy groups -OCH3 is 1. The van der Waals surface area contributed by atoms with Gasteiger partial charge in [0.2, 0.25) is 0 Å². The van der Waals surface area contributed by atoms with E-state index in [-0.39, 0.29) is 23.5 Å². The predicted octanol–water partition coefficient (Wildman–Crippen LogP) is 6.20. The molecule has 1 fully saturated rings. The highest BCUT2D eigenvalue weighted by atomic mass is 16.5. The summed E-state index contributed by atoms with van der Waals surface area (Å²) < 4.78 is 11.8. The third kappa shape index (κ3) is 7.71. The number of aliphatic hydroxyl groups excluding tert-OH is 2. The van der Waals surface area contributed by atoms with Crippen LogP contribution in [0.5, 0.6) is 23.0 Å². The number of hydrogen-bond donors (Lipinski definition) is 4. The van der Waals surface area contributed by atoms with Crippen LogP contribution in [0, 0.1) is 18.8 Å². The molecule has 2 aromatic carbocycles. The van der Waals surface area contributed by atoms with Crippen LogP contribution in [0.1, 0.15) is 68.7 Å². The van der Waals surface area contributed by atoms with Crippen LogP contribution in [0.4, 0.5) is 0 Å². The number of hydrogen-bond acceptors (Lipinski definition) is 6. The summed E-state index contributed by atoms with van der Waals surface area (Å²) in [5.74, 6) is 1.58. The Morgan fingerprint density at radius 2 is 1.57 bits per heavy atom. The summed E-state index contributed by atoms with van der Waals surface area (Å²) in [5, 5.41) is 41.4. The van der Waals surface area contributed by atoms with Crippen molar-refractivity contribution in [3.63, 3.8) is 0 Å². The zero-order valence-corrected chi connectivity index (χ0v) is 23.9. The lowest BCUT2D eigenvalue weighted by molar-refractivity contribution is -0.0746. The lowest BCUT2D eigenvalue weighted by atomic mass is 9.77. The molecule has 1 aliphatic carbocycles. The Kier molecular flexibility index (Phi) is 10.9. The standard InChI is InChI=1S/C32H40O6.C2H2/c1-19(2)6-5-7-20(3)8-11-25-26(33)13-22(14-27(25)34)10-9-21-12-24-16-23-17-28(35)29(36)18-30(23)38-32(24)31(15-21)37-4;1-2/h6,8-10,12-15,23,28-30,33-36H,5,7,11,16-18H2,1-4H3;1-2H/b10-9+,20-8+;/t23-,28?,29?,30?;/m1./s1. The summed E-state index contributed by atoms with van der Waals surface area (Å²) in [6.07, 6.45) is 18.4. The van der Waals surface area contributed by atoms with Crippen LogP contribution in [0.25, 0.3) is 12.2 Å². The van der Waals surface area contributed by atoms with Crippen molar-refractivity contribution >= 4 is 12.2 Å². The maximum absolute atomic E-state index is 10.6.